The molecule has 0 fully saturated rings. The Balaban J connectivity index is 1.61. The molecule has 3 rings (SSSR count). The van der Waals surface area contributed by atoms with Gasteiger partial charge in [0.25, 0.3) is 5.91 Å². The maximum atomic E-state index is 11.9. The number of benzene rings is 2. The standard InChI is InChI=1S/C20H21ClN2O4/c1-3-25-18-9-14-8-13(2)27-19(14)10-15(18)11-22-23-20(24)12-26-17-7-5-4-6-16(17)21/h4-7,9-11,13H,3,8,12H2,1-2H3,(H,23,24)/b22-11-/t13-/m0/s1. The Morgan fingerprint density at radius 3 is 2.93 bits per heavy atom. The van der Waals surface area contributed by atoms with Gasteiger partial charge >= 0.3 is 0 Å². The first kappa shape index (κ1) is 19.0. The zero-order chi connectivity index (χ0) is 19.2. The zero-order valence-corrected chi connectivity index (χ0v) is 16.0. The highest BCUT2D eigenvalue weighted by Crippen LogP contribution is 2.34. The average Bonchev–Trinajstić information content (AvgIpc) is 3.00. The summed E-state index contributed by atoms with van der Waals surface area (Å²) in [5.41, 5.74) is 4.28. The molecule has 1 aliphatic heterocycles. The summed E-state index contributed by atoms with van der Waals surface area (Å²) in [6.45, 7) is 4.28. The van der Waals surface area contributed by atoms with E-state index >= 15 is 0 Å². The van der Waals surface area contributed by atoms with E-state index in [2.05, 4.69) is 10.5 Å². The van der Waals surface area contributed by atoms with Crippen molar-refractivity contribution in [2.75, 3.05) is 13.2 Å². The molecule has 0 radical (unpaired) electrons. The third-order valence-corrected chi connectivity index (χ3v) is 4.23. The van der Waals surface area contributed by atoms with Crippen LogP contribution in [0.4, 0.5) is 0 Å². The lowest BCUT2D eigenvalue weighted by Gasteiger charge is -2.10. The molecule has 0 aromatic heterocycles. The van der Waals surface area contributed by atoms with Crippen molar-refractivity contribution in [2.24, 2.45) is 5.10 Å². The summed E-state index contributed by atoms with van der Waals surface area (Å²) in [7, 11) is 0. The quantitative estimate of drug-likeness (QED) is 0.581. The molecule has 1 amide bonds. The molecule has 7 heteroatoms. The van der Waals surface area contributed by atoms with Gasteiger partial charge in [-0.05, 0) is 38.1 Å². The number of fused-ring (bicyclic) bond motifs is 1. The average molecular weight is 389 g/mol. The second kappa shape index (κ2) is 8.77. The molecule has 0 bridgehead atoms. The fourth-order valence-electron chi connectivity index (χ4n) is 2.75. The summed E-state index contributed by atoms with van der Waals surface area (Å²) < 4.78 is 16.8. The maximum absolute atomic E-state index is 11.9. The van der Waals surface area contributed by atoms with E-state index in [0.29, 0.717) is 23.1 Å². The Labute approximate surface area is 163 Å². The lowest BCUT2D eigenvalue weighted by atomic mass is 10.1. The van der Waals surface area contributed by atoms with E-state index in [0.717, 1.165) is 23.3 Å². The second-order valence-electron chi connectivity index (χ2n) is 6.08. The predicted octanol–water partition coefficient (Wildman–Crippen LogP) is 3.59. The molecule has 0 aliphatic carbocycles. The Bertz CT molecular complexity index is 854. The van der Waals surface area contributed by atoms with Gasteiger partial charge in [0.05, 0.1) is 17.8 Å². The number of carbonyl (C=O) groups excluding carboxylic acids is 1. The zero-order valence-electron chi connectivity index (χ0n) is 15.2. The molecule has 2 aromatic carbocycles. The van der Waals surface area contributed by atoms with Crippen molar-refractivity contribution >= 4 is 23.7 Å². The van der Waals surface area contributed by atoms with E-state index < -0.39 is 5.91 Å². The van der Waals surface area contributed by atoms with Crippen LogP contribution < -0.4 is 19.6 Å². The number of ether oxygens (including phenoxy) is 3. The third kappa shape index (κ3) is 4.92. The van der Waals surface area contributed by atoms with Gasteiger partial charge in [0.2, 0.25) is 0 Å². The van der Waals surface area contributed by atoms with Crippen molar-refractivity contribution in [3.05, 3.63) is 52.5 Å². The minimum Gasteiger partial charge on any atom is -0.493 e. The number of carbonyl (C=O) groups is 1. The molecule has 142 valence electrons. The van der Waals surface area contributed by atoms with Crippen LogP contribution in [0.25, 0.3) is 0 Å². The summed E-state index contributed by atoms with van der Waals surface area (Å²) >= 11 is 5.98. The molecule has 0 unspecified atom stereocenters. The van der Waals surface area contributed by atoms with Crippen molar-refractivity contribution in [1.29, 1.82) is 0 Å². The molecule has 0 saturated heterocycles. The van der Waals surface area contributed by atoms with E-state index in [9.17, 15) is 4.79 Å². The molecular formula is C20H21ClN2O4. The monoisotopic (exact) mass is 388 g/mol. The third-order valence-electron chi connectivity index (χ3n) is 3.92. The van der Waals surface area contributed by atoms with Gasteiger partial charge in [0, 0.05) is 17.5 Å². The molecule has 27 heavy (non-hydrogen) atoms. The van der Waals surface area contributed by atoms with Gasteiger partial charge in [-0.15, -0.1) is 0 Å². The lowest BCUT2D eigenvalue weighted by Crippen LogP contribution is -2.24. The topological polar surface area (TPSA) is 69.2 Å². The first-order valence-electron chi connectivity index (χ1n) is 8.72. The molecule has 2 aromatic rings. The Morgan fingerprint density at radius 2 is 2.15 bits per heavy atom. The van der Waals surface area contributed by atoms with Gasteiger partial charge in [-0.2, -0.15) is 5.10 Å². The minimum absolute atomic E-state index is 0.142. The first-order chi connectivity index (χ1) is 13.1. The van der Waals surface area contributed by atoms with Crippen LogP contribution in [0.2, 0.25) is 5.02 Å². The van der Waals surface area contributed by atoms with Crippen LogP contribution in [0.5, 0.6) is 17.2 Å². The molecule has 0 spiro atoms. The minimum atomic E-state index is -0.393. The van der Waals surface area contributed by atoms with E-state index in [1.807, 2.05) is 26.0 Å². The summed E-state index contributed by atoms with van der Waals surface area (Å²) in [6, 6.07) is 10.8. The smallest absolute Gasteiger partial charge is 0.277 e. The van der Waals surface area contributed by atoms with Crippen LogP contribution in [0.3, 0.4) is 0 Å². The van der Waals surface area contributed by atoms with E-state index in [1.54, 1.807) is 24.3 Å². The SMILES string of the molecule is CCOc1cc2c(cc1/C=N\NC(=O)COc1ccccc1Cl)O[C@@H](C)C2. The second-order valence-corrected chi connectivity index (χ2v) is 6.48. The largest absolute Gasteiger partial charge is 0.493 e. The number of para-hydroxylation sites is 1. The van der Waals surface area contributed by atoms with Gasteiger partial charge in [-0.3, -0.25) is 4.79 Å². The number of halogens is 1. The van der Waals surface area contributed by atoms with Crippen LogP contribution in [-0.4, -0.2) is 31.4 Å². The van der Waals surface area contributed by atoms with Crippen LogP contribution in [0, 0.1) is 0 Å². The molecule has 1 heterocycles. The molecule has 1 atom stereocenters. The van der Waals surface area contributed by atoms with Crippen molar-refractivity contribution < 1.29 is 19.0 Å². The van der Waals surface area contributed by atoms with E-state index in [1.165, 1.54) is 6.21 Å². The van der Waals surface area contributed by atoms with Gasteiger partial charge in [0.15, 0.2) is 6.61 Å². The summed E-state index contributed by atoms with van der Waals surface area (Å²) in [6.07, 6.45) is 2.52. The summed E-state index contributed by atoms with van der Waals surface area (Å²) in [4.78, 5) is 11.9. The van der Waals surface area contributed by atoms with E-state index in [-0.39, 0.29) is 12.7 Å². The Kier molecular flexibility index (Phi) is 6.19. The Morgan fingerprint density at radius 1 is 1.33 bits per heavy atom. The Hall–Kier alpha value is -2.73. The number of nitrogens with zero attached hydrogens (tertiary/aromatic N) is 1. The number of nitrogens with one attached hydrogen (secondary N) is 1. The van der Waals surface area contributed by atoms with Crippen molar-refractivity contribution in [3.8, 4) is 17.2 Å². The van der Waals surface area contributed by atoms with Crippen molar-refractivity contribution in [2.45, 2.75) is 26.4 Å². The number of hydrogen-bond acceptors (Lipinski definition) is 5. The number of rotatable bonds is 7. The van der Waals surface area contributed by atoms with Gasteiger partial charge in [0.1, 0.15) is 23.4 Å². The van der Waals surface area contributed by atoms with Crippen molar-refractivity contribution in [3.63, 3.8) is 0 Å². The number of hydrazone groups is 1. The predicted molar refractivity (Wildman–Crippen MR) is 104 cm³/mol. The van der Waals surface area contributed by atoms with Gasteiger partial charge in [-0.1, -0.05) is 23.7 Å². The van der Waals surface area contributed by atoms with Gasteiger partial charge in [-0.25, -0.2) is 5.43 Å². The first-order valence-corrected chi connectivity index (χ1v) is 9.10. The van der Waals surface area contributed by atoms with Gasteiger partial charge < -0.3 is 14.2 Å². The molecular weight excluding hydrogens is 368 g/mol. The van der Waals surface area contributed by atoms with Crippen LogP contribution >= 0.6 is 11.6 Å². The number of amides is 1. The van der Waals surface area contributed by atoms with E-state index in [4.69, 9.17) is 25.8 Å². The highest BCUT2D eigenvalue weighted by atomic mass is 35.5. The van der Waals surface area contributed by atoms with Crippen LogP contribution in [-0.2, 0) is 11.2 Å². The number of hydrogen-bond donors (Lipinski definition) is 1. The molecule has 6 nitrogen and oxygen atoms in total. The van der Waals surface area contributed by atoms with Crippen LogP contribution in [0.15, 0.2) is 41.5 Å². The summed E-state index contributed by atoms with van der Waals surface area (Å²) in [5.74, 6) is 1.58. The maximum Gasteiger partial charge on any atom is 0.277 e. The van der Waals surface area contributed by atoms with Crippen LogP contribution in [0.1, 0.15) is 25.0 Å². The lowest BCUT2D eigenvalue weighted by molar-refractivity contribution is -0.123. The fourth-order valence-corrected chi connectivity index (χ4v) is 2.94. The normalized spacial score (nSPS) is 15.3. The highest BCUT2D eigenvalue weighted by molar-refractivity contribution is 6.32. The molecule has 1 aliphatic rings. The fraction of sp³-hybridized carbons (Fsp3) is 0.300. The molecule has 0 saturated carbocycles. The summed E-state index contributed by atoms with van der Waals surface area (Å²) in [5, 5.41) is 4.44. The highest BCUT2D eigenvalue weighted by Gasteiger charge is 2.21. The van der Waals surface area contributed by atoms with Crippen molar-refractivity contribution in [1.82, 2.24) is 5.43 Å². The molecule has 1 N–H and O–H groups in total.